The van der Waals surface area contributed by atoms with Crippen LogP contribution in [0.4, 0.5) is 0 Å². The van der Waals surface area contributed by atoms with Gasteiger partial charge in [-0.15, -0.1) is 0 Å². The molecule has 0 spiro atoms. The van der Waals surface area contributed by atoms with Gasteiger partial charge in [0, 0.05) is 0 Å². The van der Waals surface area contributed by atoms with E-state index in [0.29, 0.717) is 0 Å². The minimum atomic E-state index is -2.90. The molecule has 3 rings (SSSR count). The molecule has 2 aromatic carbocycles. The molecule has 0 unspecified atom stereocenters. The lowest BCUT2D eigenvalue weighted by Crippen LogP contribution is -2.86. The molecule has 204 valence electrons. The van der Waals surface area contributed by atoms with E-state index in [9.17, 15) is 0 Å². The Morgan fingerprint density at radius 2 is 0.730 bits per heavy atom. The maximum atomic E-state index is 5.36. The summed E-state index contributed by atoms with van der Waals surface area (Å²) in [4.78, 5) is 0. The molecule has 0 fully saturated rings. The minimum absolute atomic E-state index is 0.0729. The van der Waals surface area contributed by atoms with Crippen LogP contribution in [0.5, 0.6) is 0 Å². The summed E-state index contributed by atoms with van der Waals surface area (Å²) < 4.78 is 5.35. The maximum absolute atomic E-state index is 5.36. The van der Waals surface area contributed by atoms with Gasteiger partial charge in [-0.1, -0.05) is 154 Å². The summed E-state index contributed by atoms with van der Waals surface area (Å²) in [7, 11) is -7.58. The topological polar surface area (TPSA) is 31.2 Å². The third-order valence-corrected chi connectivity index (χ3v) is 31.7. The molecule has 7 heteroatoms. The molecule has 0 N–H and O–H groups in total. The summed E-state index contributed by atoms with van der Waals surface area (Å²) in [5, 5.41) is 13.8. The highest BCUT2D eigenvalue weighted by Crippen LogP contribution is 2.59. The van der Waals surface area contributed by atoms with Gasteiger partial charge in [-0.3, -0.25) is 0 Å². The molecular formula is C30H52N4Si3. The first kappa shape index (κ1) is 29.8. The number of rotatable bonds is 4. The molecular weight excluding hydrogens is 501 g/mol. The summed E-state index contributed by atoms with van der Waals surface area (Å²) in [6.45, 7) is 34.3. The van der Waals surface area contributed by atoms with Gasteiger partial charge in [-0.25, -0.2) is 0 Å². The lowest BCUT2D eigenvalue weighted by molar-refractivity contribution is 0.501. The van der Waals surface area contributed by atoms with Crippen molar-refractivity contribution in [1.82, 2.24) is 8.68 Å². The molecule has 0 amide bonds. The molecule has 0 bridgehead atoms. The largest absolute Gasteiger partial charge is 0.350 e. The van der Waals surface area contributed by atoms with E-state index in [4.69, 9.17) is 10.4 Å². The van der Waals surface area contributed by atoms with Gasteiger partial charge in [-0.2, -0.15) is 0 Å². The molecule has 1 aliphatic rings. The highest BCUT2D eigenvalue weighted by atomic mass is 28.4. The van der Waals surface area contributed by atoms with Crippen LogP contribution in [0.1, 0.15) is 83.1 Å². The van der Waals surface area contributed by atoms with Crippen LogP contribution in [-0.4, -0.2) is 33.5 Å². The normalized spacial score (nSPS) is 17.5. The van der Waals surface area contributed by atoms with Gasteiger partial charge in [0.1, 0.15) is 0 Å². The Bertz CT molecular complexity index is 986. The number of hydrogen-bond donors (Lipinski definition) is 0. The zero-order valence-corrected chi connectivity index (χ0v) is 29.1. The Kier molecular flexibility index (Phi) is 7.42. The quantitative estimate of drug-likeness (QED) is 0.356. The lowest BCUT2D eigenvalue weighted by Gasteiger charge is -2.62. The van der Waals surface area contributed by atoms with Crippen LogP contribution in [0.2, 0.25) is 33.2 Å². The Balaban J connectivity index is 2.60. The average molecular weight is 553 g/mol. The fraction of sp³-hybridized carbons (Fsp3) is 0.600. The zero-order valence-electron chi connectivity index (χ0n) is 26.1. The second kappa shape index (κ2) is 9.19. The molecule has 4 nitrogen and oxygen atoms in total. The van der Waals surface area contributed by atoms with Crippen molar-refractivity contribution in [1.29, 1.82) is 0 Å². The Morgan fingerprint density at radius 1 is 0.486 bits per heavy atom. The molecule has 1 heterocycles. The van der Waals surface area contributed by atoms with E-state index in [0.717, 1.165) is 0 Å². The molecule has 0 atom stereocenters. The van der Waals surface area contributed by atoms with Gasteiger partial charge in [0.2, 0.25) is 0 Å². The van der Waals surface area contributed by atoms with Crippen molar-refractivity contribution in [3.05, 3.63) is 60.7 Å². The van der Waals surface area contributed by atoms with Crippen molar-refractivity contribution >= 4 is 35.2 Å². The van der Waals surface area contributed by atoms with Gasteiger partial charge in [0.15, 0.2) is 16.5 Å². The highest BCUT2D eigenvalue weighted by Gasteiger charge is 2.71. The van der Waals surface area contributed by atoms with Crippen LogP contribution in [0, 0.1) is 0 Å². The molecule has 0 aliphatic carbocycles. The van der Waals surface area contributed by atoms with Crippen LogP contribution in [-0.2, 0) is 0 Å². The third kappa shape index (κ3) is 4.29. The van der Waals surface area contributed by atoms with Crippen LogP contribution in [0.25, 0.3) is 0 Å². The van der Waals surface area contributed by atoms with Crippen molar-refractivity contribution in [2.45, 2.75) is 116 Å². The summed E-state index contributed by atoms with van der Waals surface area (Å²) in [5.41, 5.74) is 0. The fourth-order valence-electron chi connectivity index (χ4n) is 6.64. The van der Waals surface area contributed by atoms with Crippen molar-refractivity contribution in [3.8, 4) is 0 Å². The van der Waals surface area contributed by atoms with Crippen LogP contribution in [0.3, 0.4) is 0 Å². The SMILES string of the molecule is CC(C)(C)[Si](C)(N1N=NN([Si](C)(C(C)(C)C)C(C)(C)C)[Si]1(c1ccccc1)c1ccccc1)C(C)(C)C. The minimum Gasteiger partial charge on any atom is -0.302 e. The van der Waals surface area contributed by atoms with Gasteiger partial charge in [0.25, 0.3) is 0 Å². The molecule has 1 aliphatic heterocycles. The van der Waals surface area contributed by atoms with Crippen LogP contribution < -0.4 is 10.4 Å². The van der Waals surface area contributed by atoms with E-state index in [1.54, 1.807) is 0 Å². The van der Waals surface area contributed by atoms with E-state index in [-0.39, 0.29) is 20.2 Å². The number of nitrogens with zero attached hydrogens (tertiary/aromatic N) is 4. The van der Waals surface area contributed by atoms with Crippen molar-refractivity contribution in [2.75, 3.05) is 0 Å². The second-order valence-corrected chi connectivity index (χ2v) is 30.7. The second-order valence-electron chi connectivity index (χ2n) is 15.4. The predicted octanol–water partition coefficient (Wildman–Crippen LogP) is 8.49. The van der Waals surface area contributed by atoms with Gasteiger partial charge < -0.3 is 8.68 Å². The van der Waals surface area contributed by atoms with E-state index in [2.05, 4.69) is 166 Å². The Labute approximate surface area is 230 Å². The van der Waals surface area contributed by atoms with E-state index >= 15 is 0 Å². The molecule has 37 heavy (non-hydrogen) atoms. The standard InChI is InChI=1S/C30H52N4Si3/c1-27(2,3)35(13,28(4,5)6)33-31-32-34(36(14,29(7,8)9)30(10,11)12)37(33,25-21-17-15-18-22-25)26-23-19-16-20-24-26/h15-24H,1-14H3. The monoisotopic (exact) mass is 552 g/mol. The molecule has 0 radical (unpaired) electrons. The van der Waals surface area contributed by atoms with Crippen molar-refractivity contribution in [3.63, 3.8) is 0 Å². The summed E-state index contributed by atoms with van der Waals surface area (Å²) in [6.07, 6.45) is 0. The zero-order chi connectivity index (χ0) is 28.3. The summed E-state index contributed by atoms with van der Waals surface area (Å²) >= 11 is 0. The van der Waals surface area contributed by atoms with Crippen molar-refractivity contribution < 1.29 is 0 Å². The number of benzene rings is 2. The molecule has 2 aromatic rings. The highest BCUT2D eigenvalue weighted by molar-refractivity contribution is 7.11. The van der Waals surface area contributed by atoms with Gasteiger partial charge in [-0.05, 0) is 43.6 Å². The first-order valence-corrected chi connectivity index (χ1v) is 20.6. The maximum Gasteiger partial charge on any atom is 0.350 e. The smallest absolute Gasteiger partial charge is 0.302 e. The number of hydrogen-bond acceptors (Lipinski definition) is 4. The van der Waals surface area contributed by atoms with E-state index in [1.165, 1.54) is 10.4 Å². The first-order chi connectivity index (χ1) is 16.7. The summed E-state index contributed by atoms with van der Waals surface area (Å²) in [5.74, 6) is 0. The molecule has 0 saturated heterocycles. The van der Waals surface area contributed by atoms with E-state index in [1.807, 2.05) is 0 Å². The van der Waals surface area contributed by atoms with Crippen molar-refractivity contribution in [2.24, 2.45) is 10.4 Å². The average Bonchev–Trinajstić information content (AvgIpc) is 3.17. The summed E-state index contributed by atoms with van der Waals surface area (Å²) in [6, 6.07) is 22.6. The molecule has 0 aromatic heterocycles. The molecule has 0 saturated carbocycles. The van der Waals surface area contributed by atoms with Crippen LogP contribution >= 0.6 is 0 Å². The Hall–Kier alpha value is -1.71. The third-order valence-electron chi connectivity index (χ3n) is 9.87. The predicted molar refractivity (Wildman–Crippen MR) is 169 cm³/mol. The fourth-order valence-corrected chi connectivity index (χ4v) is 28.9. The lowest BCUT2D eigenvalue weighted by atomic mass is 10.2. The Morgan fingerprint density at radius 3 is 0.946 bits per heavy atom. The van der Waals surface area contributed by atoms with Crippen LogP contribution in [0.15, 0.2) is 71.1 Å². The van der Waals surface area contributed by atoms with E-state index < -0.39 is 24.9 Å². The first-order valence-electron chi connectivity index (χ1n) is 13.8. The van der Waals surface area contributed by atoms with Gasteiger partial charge >= 0.3 is 8.40 Å². The van der Waals surface area contributed by atoms with Gasteiger partial charge in [0.05, 0.1) is 0 Å².